The number of esters is 4. The highest BCUT2D eigenvalue weighted by molar-refractivity contribution is 5.73. The van der Waals surface area contributed by atoms with Crippen LogP contribution in [0.15, 0.2) is 11.6 Å². The van der Waals surface area contributed by atoms with Crippen LogP contribution in [0, 0.1) is 56.2 Å². The highest BCUT2D eigenvalue weighted by atomic mass is 16.8. The molecule has 0 amide bonds. The van der Waals surface area contributed by atoms with Gasteiger partial charge in [0.05, 0.1) is 37.3 Å². The number of ether oxygens (including phenoxy) is 9. The van der Waals surface area contributed by atoms with Gasteiger partial charge in [0.15, 0.2) is 24.8 Å². The number of fused-ring (bicyclic) bond motifs is 7. The van der Waals surface area contributed by atoms with E-state index >= 15 is 0 Å². The number of carbonyl (C=O) groups excluding carboxylic acids is 5. The van der Waals surface area contributed by atoms with Crippen LogP contribution < -0.4 is 0 Å². The molecule has 13 unspecified atom stereocenters. The lowest BCUT2D eigenvalue weighted by molar-refractivity contribution is -0.384. The summed E-state index contributed by atoms with van der Waals surface area (Å²) in [5.74, 6) is -4.41. The number of carbonyl (C=O) groups is 5. The fourth-order valence-electron chi connectivity index (χ4n) is 15.2. The molecule has 0 radical (unpaired) electrons. The van der Waals surface area contributed by atoms with Crippen molar-refractivity contribution in [2.24, 2.45) is 56.2 Å². The van der Waals surface area contributed by atoms with Crippen LogP contribution in [-0.4, -0.2) is 172 Å². The second-order valence-corrected chi connectivity index (χ2v) is 23.7. The molecule has 414 valence electrons. The van der Waals surface area contributed by atoms with Gasteiger partial charge in [-0.2, -0.15) is 0 Å². The van der Waals surface area contributed by atoms with Crippen molar-refractivity contribution < 1.29 is 102 Å². The molecule has 73 heavy (non-hydrogen) atoms. The van der Waals surface area contributed by atoms with Gasteiger partial charge in [0.2, 0.25) is 6.29 Å². The highest BCUT2D eigenvalue weighted by Crippen LogP contribution is 2.77. The van der Waals surface area contributed by atoms with Gasteiger partial charge in [0, 0.05) is 37.0 Å². The summed E-state index contributed by atoms with van der Waals surface area (Å²) in [6.07, 6.45) is -16.1. The van der Waals surface area contributed by atoms with Crippen LogP contribution in [0.4, 0.5) is 0 Å². The largest absolute Gasteiger partial charge is 0.458 e. The molecule has 2 heterocycles. The smallest absolute Gasteiger partial charge is 0.309 e. The molecule has 7 N–H and O–H groups in total. The molecule has 0 bridgehead atoms. The minimum Gasteiger partial charge on any atom is -0.458 e. The van der Waals surface area contributed by atoms with Crippen molar-refractivity contribution in [1.29, 1.82) is 0 Å². The Morgan fingerprint density at radius 2 is 1.34 bits per heavy atom. The topological polar surface area (TPSA) is 310 Å². The molecular weight excluding hydrogens is 961 g/mol. The summed E-state index contributed by atoms with van der Waals surface area (Å²) in [7, 11) is 0. The normalized spacial score (nSPS) is 47.4. The van der Waals surface area contributed by atoms with Crippen molar-refractivity contribution in [1.82, 2.24) is 0 Å². The Balaban J connectivity index is 1.29. The second-order valence-electron chi connectivity index (χ2n) is 23.7. The van der Waals surface area contributed by atoms with Gasteiger partial charge in [-0.15, -0.1) is 0 Å². The summed E-state index contributed by atoms with van der Waals surface area (Å²) in [6.45, 7) is 17.8. The number of hydrogen-bond acceptors (Lipinski definition) is 21. The van der Waals surface area contributed by atoms with Crippen molar-refractivity contribution in [3.8, 4) is 0 Å². The Morgan fingerprint density at radius 1 is 0.740 bits per heavy atom. The quantitative estimate of drug-likeness (QED) is 0.0428. The van der Waals surface area contributed by atoms with E-state index < -0.39 is 167 Å². The molecule has 0 aromatic rings. The monoisotopic (exact) mass is 1040 g/mol. The minimum absolute atomic E-state index is 0.0334. The molecule has 5 aliphatic carbocycles. The van der Waals surface area contributed by atoms with Gasteiger partial charge < -0.3 is 78.4 Å². The zero-order valence-electron chi connectivity index (χ0n) is 44.0. The van der Waals surface area contributed by atoms with Crippen LogP contribution in [0.2, 0.25) is 0 Å². The van der Waals surface area contributed by atoms with Crippen LogP contribution in [0.1, 0.15) is 121 Å². The SMILES string of the molecule is CCC(C)C(=O)O[C@H]1[C@H](OC(C)=O)C(C)(C)C[C@H]2C3=CCC4[C@@]5(C)CCC(OC6OC(OC=O)C(O)C(OC7OCC(O)C(O)C7O)C6O)[C@@](C)(CO)C5CC[C@@]4(C)[C@]3(C)[C@@H](OC(C)=O)[C@@H](OC(C)=O)[C@]21CO. The van der Waals surface area contributed by atoms with Crippen LogP contribution in [0.25, 0.3) is 0 Å². The lowest BCUT2D eigenvalue weighted by Gasteiger charge is -2.73. The minimum atomic E-state index is -1.83. The van der Waals surface area contributed by atoms with E-state index in [2.05, 4.69) is 19.9 Å². The second kappa shape index (κ2) is 20.9. The molecule has 0 aromatic carbocycles. The molecule has 21 heteroatoms. The van der Waals surface area contributed by atoms with E-state index in [-0.39, 0.29) is 31.3 Å². The number of aliphatic hydroxyl groups excluding tert-OH is 7. The lowest BCUT2D eigenvalue weighted by Crippen LogP contribution is -2.77. The highest BCUT2D eigenvalue weighted by Gasteiger charge is 2.78. The molecular formula is C52H80O21. The Labute approximate surface area is 426 Å². The third-order valence-electron chi connectivity index (χ3n) is 19.3. The molecule has 4 saturated carbocycles. The number of aliphatic hydroxyl groups is 7. The first-order chi connectivity index (χ1) is 34.1. The molecule has 6 fully saturated rings. The third-order valence-corrected chi connectivity index (χ3v) is 19.3. The van der Waals surface area contributed by atoms with Gasteiger partial charge in [-0.25, -0.2) is 0 Å². The standard InChI is InChI=1S/C52H80O21/c1-12-24(2)43(64)72-41-39(67-25(3)56)47(6,7)19-29-28-13-14-32-48(8)17-16-33(70-46-37(63)38(36(62)45(73-46)66-23-55)71-44-35(61)34(60)30(59)20-65-44)49(9,21-53)31(48)15-18-50(32,10)51(28,11)40(68-26(4)57)42(69-27(5)58)52(29,41)22-54/h13,23-24,29-42,44-46,53-54,59-63H,12,14-22H2,1-11H3/t24?,29-,30?,31?,32?,33?,34?,35?,36?,37?,38?,39-,40-,41-,42+,44?,45?,46?,48-,49-,50+,51-,52+/m0/s1. The van der Waals surface area contributed by atoms with Gasteiger partial charge in [-0.3, -0.25) is 24.0 Å². The van der Waals surface area contributed by atoms with Crippen LogP contribution in [0.3, 0.4) is 0 Å². The van der Waals surface area contributed by atoms with Gasteiger partial charge in [-0.05, 0) is 73.5 Å². The summed E-state index contributed by atoms with van der Waals surface area (Å²) >= 11 is 0. The van der Waals surface area contributed by atoms with Crippen LogP contribution in [-0.2, 0) is 66.6 Å². The number of hydrogen-bond donors (Lipinski definition) is 7. The summed E-state index contributed by atoms with van der Waals surface area (Å²) in [5.41, 5.74) is -5.24. The average Bonchev–Trinajstić information content (AvgIpc) is 3.32. The van der Waals surface area contributed by atoms with Crippen molar-refractivity contribution in [3.05, 3.63) is 11.6 Å². The van der Waals surface area contributed by atoms with Crippen LogP contribution in [0.5, 0.6) is 0 Å². The Hall–Kier alpha value is -3.35. The average molecular weight is 1040 g/mol. The van der Waals surface area contributed by atoms with E-state index in [1.54, 1.807) is 6.92 Å². The number of allylic oxidation sites excluding steroid dienone is 1. The van der Waals surface area contributed by atoms with Gasteiger partial charge in [0.25, 0.3) is 6.47 Å². The number of rotatable bonds is 14. The Bertz CT molecular complexity index is 2100. The van der Waals surface area contributed by atoms with E-state index in [9.17, 15) is 59.7 Å². The van der Waals surface area contributed by atoms with Gasteiger partial charge >= 0.3 is 23.9 Å². The molecule has 7 aliphatic rings. The summed E-state index contributed by atoms with van der Waals surface area (Å²) in [5, 5.41) is 77.5. The maximum atomic E-state index is 14.0. The first-order valence-corrected chi connectivity index (χ1v) is 25.8. The van der Waals surface area contributed by atoms with Crippen molar-refractivity contribution in [2.75, 3.05) is 19.8 Å². The summed E-state index contributed by atoms with van der Waals surface area (Å²) in [4.78, 5) is 65.7. The van der Waals surface area contributed by atoms with E-state index in [1.165, 1.54) is 20.8 Å². The van der Waals surface area contributed by atoms with Gasteiger partial charge in [-0.1, -0.05) is 67.0 Å². The molecule has 0 spiro atoms. The fraction of sp³-hybridized carbons (Fsp3) is 0.865. The molecule has 2 aliphatic heterocycles. The molecule has 21 nitrogen and oxygen atoms in total. The van der Waals surface area contributed by atoms with E-state index in [4.69, 9.17) is 42.6 Å². The Morgan fingerprint density at radius 3 is 1.93 bits per heavy atom. The summed E-state index contributed by atoms with van der Waals surface area (Å²) in [6, 6.07) is 0. The zero-order chi connectivity index (χ0) is 54.1. The van der Waals surface area contributed by atoms with E-state index in [1.807, 2.05) is 34.6 Å². The van der Waals surface area contributed by atoms with Crippen molar-refractivity contribution >= 4 is 30.3 Å². The van der Waals surface area contributed by atoms with E-state index in [0.717, 1.165) is 5.57 Å². The van der Waals surface area contributed by atoms with Crippen molar-refractivity contribution in [2.45, 2.75) is 207 Å². The molecule has 7 rings (SSSR count). The molecule has 0 aromatic heterocycles. The summed E-state index contributed by atoms with van der Waals surface area (Å²) < 4.78 is 54.1. The Kier molecular flexibility index (Phi) is 16.4. The van der Waals surface area contributed by atoms with Crippen LogP contribution >= 0.6 is 0 Å². The molecule has 2 saturated heterocycles. The molecule has 23 atom stereocenters. The maximum absolute atomic E-state index is 14.0. The predicted octanol–water partition coefficient (Wildman–Crippen LogP) is 1.73. The van der Waals surface area contributed by atoms with Crippen molar-refractivity contribution in [3.63, 3.8) is 0 Å². The predicted molar refractivity (Wildman–Crippen MR) is 250 cm³/mol. The van der Waals surface area contributed by atoms with E-state index in [0.29, 0.717) is 38.5 Å². The zero-order valence-corrected chi connectivity index (χ0v) is 44.0. The van der Waals surface area contributed by atoms with Gasteiger partial charge in [0.1, 0.15) is 48.8 Å². The third kappa shape index (κ3) is 9.24. The fourth-order valence-corrected chi connectivity index (χ4v) is 15.2. The lowest BCUT2D eigenvalue weighted by atomic mass is 9.32. The maximum Gasteiger partial charge on any atom is 0.309 e. The first kappa shape index (κ1) is 57.4. The first-order valence-electron chi connectivity index (χ1n) is 25.8.